The first-order valence-corrected chi connectivity index (χ1v) is 13.7. The highest BCUT2D eigenvalue weighted by molar-refractivity contribution is 7.88. The van der Waals surface area contributed by atoms with Crippen molar-refractivity contribution in [3.63, 3.8) is 0 Å². The fourth-order valence-electron chi connectivity index (χ4n) is 4.36. The highest BCUT2D eigenvalue weighted by Crippen LogP contribution is 2.31. The number of ether oxygens (including phenoxy) is 2. The zero-order valence-corrected chi connectivity index (χ0v) is 21.7. The smallest absolute Gasteiger partial charge is 0.410 e. The van der Waals surface area contributed by atoms with E-state index in [9.17, 15) is 13.2 Å². The van der Waals surface area contributed by atoms with Crippen LogP contribution in [0.1, 0.15) is 39.2 Å². The zero-order chi connectivity index (χ0) is 25.6. The second kappa shape index (κ2) is 11.4. The van der Waals surface area contributed by atoms with Gasteiger partial charge in [-0.25, -0.2) is 17.9 Å². The summed E-state index contributed by atoms with van der Waals surface area (Å²) in [5, 5.41) is 9.14. The van der Waals surface area contributed by atoms with E-state index in [-0.39, 0.29) is 13.2 Å². The maximum Gasteiger partial charge on any atom is 0.410 e. The van der Waals surface area contributed by atoms with Gasteiger partial charge in [0.2, 0.25) is 10.0 Å². The average Bonchev–Trinajstić information content (AvgIpc) is 2.77. The molecule has 1 heterocycles. The zero-order valence-electron chi connectivity index (χ0n) is 20.9. The molecule has 2 atom stereocenters. The van der Waals surface area contributed by atoms with Crippen molar-refractivity contribution >= 4 is 16.1 Å². The van der Waals surface area contributed by atoms with E-state index >= 15 is 0 Å². The normalized spacial score (nSPS) is 18.8. The Morgan fingerprint density at radius 3 is 2.60 bits per heavy atom. The third-order valence-corrected chi connectivity index (χ3v) is 6.42. The van der Waals surface area contributed by atoms with Gasteiger partial charge in [0.05, 0.1) is 18.9 Å². The molecule has 2 unspecified atom stereocenters. The summed E-state index contributed by atoms with van der Waals surface area (Å²) in [5.41, 5.74) is 2.13. The maximum atomic E-state index is 13.0. The van der Waals surface area contributed by atoms with Crippen LogP contribution in [0, 0.1) is 0 Å². The van der Waals surface area contributed by atoms with Crippen molar-refractivity contribution in [1.82, 2.24) is 9.62 Å². The van der Waals surface area contributed by atoms with Gasteiger partial charge in [-0.15, -0.1) is 0 Å². The Balaban J connectivity index is 1.92. The van der Waals surface area contributed by atoms with Gasteiger partial charge < -0.3 is 19.5 Å². The van der Waals surface area contributed by atoms with Gasteiger partial charge in [0.15, 0.2) is 0 Å². The van der Waals surface area contributed by atoms with Crippen LogP contribution in [-0.2, 0) is 21.2 Å². The second-order valence-corrected chi connectivity index (χ2v) is 11.6. The van der Waals surface area contributed by atoms with Crippen LogP contribution in [-0.4, -0.2) is 68.2 Å². The third-order valence-electron chi connectivity index (χ3n) is 5.69. The third kappa shape index (κ3) is 7.95. The first-order chi connectivity index (χ1) is 16.5. The summed E-state index contributed by atoms with van der Waals surface area (Å²) in [5.74, 6) is 0.670. The molecule has 8 nitrogen and oxygen atoms in total. The highest BCUT2D eigenvalue weighted by Gasteiger charge is 2.37. The molecule has 1 aliphatic heterocycles. The van der Waals surface area contributed by atoms with Crippen LogP contribution in [0.2, 0.25) is 0 Å². The Hall–Kier alpha value is -2.62. The fourth-order valence-corrected chi connectivity index (χ4v) is 5.19. The fraction of sp³-hybridized carbons (Fsp3) is 0.500. The van der Waals surface area contributed by atoms with Gasteiger partial charge in [-0.05, 0) is 57.2 Å². The summed E-state index contributed by atoms with van der Waals surface area (Å²) in [6, 6.07) is 14.7. The summed E-state index contributed by atoms with van der Waals surface area (Å²) in [6.07, 6.45) is 2.47. The largest absolute Gasteiger partial charge is 0.491 e. The van der Waals surface area contributed by atoms with E-state index in [0.717, 1.165) is 22.9 Å². The Kier molecular flexibility index (Phi) is 8.79. The number of hydrogen-bond acceptors (Lipinski definition) is 6. The number of nitrogens with zero attached hydrogens (tertiary/aromatic N) is 1. The molecule has 0 bridgehead atoms. The number of rotatable bonds is 8. The molecular formula is C26H36N2O6S. The molecule has 1 amide bonds. The average molecular weight is 505 g/mol. The van der Waals surface area contributed by atoms with Crippen LogP contribution in [0.3, 0.4) is 0 Å². The minimum absolute atomic E-state index is 0.0781. The molecule has 9 heteroatoms. The molecule has 192 valence electrons. The molecule has 0 radical (unpaired) electrons. The monoisotopic (exact) mass is 504 g/mol. The number of sulfonamides is 1. The summed E-state index contributed by atoms with van der Waals surface area (Å²) in [7, 11) is -3.46. The number of likely N-dealkylation sites (tertiary alicyclic amines) is 1. The number of aliphatic hydroxyl groups excluding tert-OH is 1. The summed E-state index contributed by atoms with van der Waals surface area (Å²) < 4.78 is 38.3. The Morgan fingerprint density at radius 1 is 1.17 bits per heavy atom. The van der Waals surface area contributed by atoms with Crippen molar-refractivity contribution < 1.29 is 27.8 Å². The first-order valence-electron chi connectivity index (χ1n) is 11.9. The van der Waals surface area contributed by atoms with Gasteiger partial charge in [-0.3, -0.25) is 0 Å². The van der Waals surface area contributed by atoms with E-state index in [2.05, 4.69) is 4.72 Å². The van der Waals surface area contributed by atoms with Crippen LogP contribution < -0.4 is 9.46 Å². The van der Waals surface area contributed by atoms with Gasteiger partial charge in [0.1, 0.15) is 18.0 Å². The number of carbonyl (C=O) groups is 1. The summed E-state index contributed by atoms with van der Waals surface area (Å²) >= 11 is 0. The van der Waals surface area contributed by atoms with Crippen molar-refractivity contribution in [2.75, 3.05) is 26.0 Å². The molecule has 2 N–H and O–H groups in total. The number of carbonyl (C=O) groups excluding carboxylic acids is 1. The number of piperidine rings is 1. The highest BCUT2D eigenvalue weighted by atomic mass is 32.2. The lowest BCUT2D eigenvalue weighted by Gasteiger charge is -2.41. The number of para-hydroxylation sites is 1. The van der Waals surface area contributed by atoms with Crippen molar-refractivity contribution in [2.24, 2.45) is 0 Å². The minimum atomic E-state index is -3.46. The molecule has 1 saturated heterocycles. The van der Waals surface area contributed by atoms with E-state index < -0.39 is 33.8 Å². The molecule has 0 saturated carbocycles. The lowest BCUT2D eigenvalue weighted by Crippen LogP contribution is -2.58. The Bertz CT molecular complexity index is 1110. The summed E-state index contributed by atoms with van der Waals surface area (Å²) in [6.45, 7) is 6.06. The second-order valence-electron chi connectivity index (χ2n) is 9.85. The molecule has 2 aromatic carbocycles. The van der Waals surface area contributed by atoms with E-state index in [1.165, 1.54) is 0 Å². The number of nitrogens with one attached hydrogen (secondary N) is 1. The van der Waals surface area contributed by atoms with Crippen molar-refractivity contribution in [3.05, 3.63) is 54.1 Å². The van der Waals surface area contributed by atoms with Crippen LogP contribution in [0.4, 0.5) is 4.79 Å². The SMILES string of the molecule is CC(C)(C)OC(=O)N1CCCC(NS(C)(=O)=O)C1Cc1cccc(-c2ccccc2OCCO)c1. The molecule has 35 heavy (non-hydrogen) atoms. The van der Waals surface area contributed by atoms with Gasteiger partial charge in [-0.1, -0.05) is 42.5 Å². The Morgan fingerprint density at radius 2 is 1.91 bits per heavy atom. The Labute approximate surface area is 208 Å². The van der Waals surface area contributed by atoms with Gasteiger partial charge in [-0.2, -0.15) is 0 Å². The number of aliphatic hydroxyl groups is 1. The van der Waals surface area contributed by atoms with E-state index in [0.29, 0.717) is 31.6 Å². The number of hydrogen-bond donors (Lipinski definition) is 2. The summed E-state index contributed by atoms with van der Waals surface area (Å²) in [4.78, 5) is 14.7. The van der Waals surface area contributed by atoms with Gasteiger partial charge in [0, 0.05) is 18.2 Å². The van der Waals surface area contributed by atoms with E-state index in [1.54, 1.807) is 4.90 Å². The number of benzene rings is 2. The van der Waals surface area contributed by atoms with Crippen molar-refractivity contribution in [2.45, 2.75) is 57.7 Å². The molecule has 2 aromatic rings. The molecule has 1 aliphatic rings. The molecule has 0 aliphatic carbocycles. The molecular weight excluding hydrogens is 468 g/mol. The van der Waals surface area contributed by atoms with Crippen molar-refractivity contribution in [1.29, 1.82) is 0 Å². The predicted octanol–water partition coefficient (Wildman–Crippen LogP) is 3.58. The molecule has 1 fully saturated rings. The molecule has 0 spiro atoms. The quantitative estimate of drug-likeness (QED) is 0.569. The minimum Gasteiger partial charge on any atom is -0.491 e. The maximum absolute atomic E-state index is 13.0. The lowest BCUT2D eigenvalue weighted by molar-refractivity contribution is 0.00592. The van der Waals surface area contributed by atoms with Crippen LogP contribution in [0.25, 0.3) is 11.1 Å². The van der Waals surface area contributed by atoms with Gasteiger partial charge in [0.25, 0.3) is 0 Å². The lowest BCUT2D eigenvalue weighted by atomic mass is 9.90. The molecule has 3 rings (SSSR count). The van der Waals surface area contributed by atoms with E-state index in [4.69, 9.17) is 14.6 Å². The van der Waals surface area contributed by atoms with Crippen LogP contribution in [0.5, 0.6) is 5.75 Å². The standard InChI is InChI=1S/C26H36N2O6S/c1-26(2,3)34-25(30)28-14-8-12-22(27-35(4,31)32)23(28)18-19-9-7-10-20(17-19)21-11-5-6-13-24(21)33-16-15-29/h5-7,9-11,13,17,22-23,27,29H,8,12,14-16,18H2,1-4H3. The van der Waals surface area contributed by atoms with Crippen LogP contribution >= 0.6 is 0 Å². The van der Waals surface area contributed by atoms with Crippen LogP contribution in [0.15, 0.2) is 48.5 Å². The number of amides is 1. The van der Waals surface area contributed by atoms with E-state index in [1.807, 2.05) is 69.3 Å². The first kappa shape index (κ1) is 27.0. The van der Waals surface area contributed by atoms with Gasteiger partial charge >= 0.3 is 6.09 Å². The topological polar surface area (TPSA) is 105 Å². The molecule has 0 aromatic heterocycles. The predicted molar refractivity (Wildman–Crippen MR) is 136 cm³/mol. The van der Waals surface area contributed by atoms with Crippen molar-refractivity contribution in [3.8, 4) is 16.9 Å².